The van der Waals surface area contributed by atoms with E-state index in [1.807, 2.05) is 0 Å². The number of esters is 1. The molecule has 3 amide bonds. The number of hydrogen-bond acceptors (Lipinski definition) is 11. The zero-order valence-corrected chi connectivity index (χ0v) is 33.4. The molecule has 14 nitrogen and oxygen atoms in total. The summed E-state index contributed by atoms with van der Waals surface area (Å²) in [4.78, 5) is 54.3. The van der Waals surface area contributed by atoms with E-state index in [-0.39, 0.29) is 41.3 Å². The van der Waals surface area contributed by atoms with Gasteiger partial charge in [-0.1, -0.05) is 12.1 Å². The van der Waals surface area contributed by atoms with Gasteiger partial charge in [0.1, 0.15) is 36.1 Å². The monoisotopic (exact) mass is 835 g/mol. The highest BCUT2D eigenvalue weighted by Crippen LogP contribution is 2.44. The number of nitrogens with one attached hydrogen (secondary N) is 1. The highest BCUT2D eigenvalue weighted by molar-refractivity contribution is 7.81. The molecular formula is C37H38F4N5O9PS. The SMILES string of the molecule is COCP(=O)(N[C@@H](C)C(=O)OC(C)C)Oc1ccc(COC(=O)N(C)C(=O)c2ccc(N3C(=S)N(c4ccc(C#N)c(C(F)(F)F)c4)C(=O)C3(C)C)cc2F)cc1. The van der Waals surface area contributed by atoms with Crippen LogP contribution >= 0.6 is 19.7 Å². The van der Waals surface area contributed by atoms with Gasteiger partial charge in [0.05, 0.1) is 34.6 Å². The van der Waals surface area contributed by atoms with Gasteiger partial charge >= 0.3 is 25.8 Å². The molecule has 3 aromatic rings. The summed E-state index contributed by atoms with van der Waals surface area (Å²) in [5, 5.41) is 11.5. The predicted molar refractivity (Wildman–Crippen MR) is 202 cm³/mol. The molecule has 1 heterocycles. The summed E-state index contributed by atoms with van der Waals surface area (Å²) in [7, 11) is -1.38. The van der Waals surface area contributed by atoms with Crippen molar-refractivity contribution in [2.24, 2.45) is 0 Å². The van der Waals surface area contributed by atoms with Gasteiger partial charge in [-0.05, 0) is 101 Å². The summed E-state index contributed by atoms with van der Waals surface area (Å²) in [6.45, 7) is 7.31. The number of carbonyl (C=O) groups is 4. The molecular weight excluding hydrogens is 797 g/mol. The quantitative estimate of drug-likeness (QED) is 0.0799. The number of rotatable bonds is 13. The Bertz CT molecular complexity index is 2160. The molecule has 1 fully saturated rings. The van der Waals surface area contributed by atoms with Crippen molar-refractivity contribution < 1.29 is 60.0 Å². The first-order chi connectivity index (χ1) is 26.5. The van der Waals surface area contributed by atoms with Gasteiger partial charge in [-0.3, -0.25) is 23.8 Å². The van der Waals surface area contributed by atoms with Gasteiger partial charge in [0.25, 0.3) is 11.8 Å². The second kappa shape index (κ2) is 17.4. The number of hydrogen-bond donors (Lipinski definition) is 1. The Labute approximate surface area is 330 Å². The van der Waals surface area contributed by atoms with Crippen LogP contribution < -0.4 is 19.4 Å². The van der Waals surface area contributed by atoms with E-state index >= 15 is 4.39 Å². The number of thiocarbonyl (C=S) groups is 1. The van der Waals surface area contributed by atoms with Gasteiger partial charge in [-0.15, -0.1) is 0 Å². The highest BCUT2D eigenvalue weighted by Gasteiger charge is 2.51. The molecule has 1 saturated heterocycles. The minimum Gasteiger partial charge on any atom is -0.462 e. The van der Waals surface area contributed by atoms with Gasteiger partial charge in [-0.2, -0.15) is 18.4 Å². The van der Waals surface area contributed by atoms with Crippen molar-refractivity contribution in [1.82, 2.24) is 9.99 Å². The number of benzene rings is 3. The van der Waals surface area contributed by atoms with Crippen molar-refractivity contribution in [1.29, 1.82) is 5.26 Å². The van der Waals surface area contributed by atoms with Crippen molar-refractivity contribution in [3.63, 3.8) is 0 Å². The van der Waals surface area contributed by atoms with Crippen LogP contribution in [0.4, 0.5) is 33.7 Å². The van der Waals surface area contributed by atoms with Crippen LogP contribution in [0.5, 0.6) is 5.75 Å². The Morgan fingerprint density at radius 2 is 1.67 bits per heavy atom. The molecule has 0 bridgehead atoms. The van der Waals surface area contributed by atoms with E-state index < -0.39 is 71.7 Å². The lowest BCUT2D eigenvalue weighted by Crippen LogP contribution is -2.44. The fourth-order valence-corrected chi connectivity index (χ4v) is 7.74. The minimum atomic E-state index is -4.91. The van der Waals surface area contributed by atoms with Gasteiger partial charge < -0.3 is 23.6 Å². The lowest BCUT2D eigenvalue weighted by atomic mass is 10.0. The molecule has 1 unspecified atom stereocenters. The lowest BCUT2D eigenvalue weighted by Gasteiger charge is -2.29. The number of anilines is 2. The molecule has 0 saturated carbocycles. The van der Waals surface area contributed by atoms with E-state index in [1.54, 1.807) is 13.8 Å². The average molecular weight is 836 g/mol. The molecule has 57 heavy (non-hydrogen) atoms. The normalized spacial score (nSPS) is 15.5. The number of nitriles is 1. The number of amides is 3. The summed E-state index contributed by atoms with van der Waals surface area (Å²) >= 11 is 5.48. The van der Waals surface area contributed by atoms with Crippen LogP contribution in [0.2, 0.25) is 0 Å². The number of nitrogens with zero attached hydrogens (tertiary/aromatic N) is 4. The van der Waals surface area contributed by atoms with Gasteiger partial charge in [-0.25, -0.2) is 19.2 Å². The fraction of sp³-hybridized carbons (Fsp3) is 0.351. The predicted octanol–water partition coefficient (Wildman–Crippen LogP) is 7.15. The largest absolute Gasteiger partial charge is 0.462 e. The van der Waals surface area contributed by atoms with E-state index in [4.69, 9.17) is 36.2 Å². The van der Waals surface area contributed by atoms with Gasteiger partial charge in [0, 0.05) is 19.8 Å². The lowest BCUT2D eigenvalue weighted by molar-refractivity contribution is -0.149. The maximum absolute atomic E-state index is 15.6. The summed E-state index contributed by atoms with van der Waals surface area (Å²) in [5.74, 6) is -3.44. The number of carbonyl (C=O) groups excluding carboxylic acids is 4. The van der Waals surface area contributed by atoms with Crippen LogP contribution in [0.15, 0.2) is 60.7 Å². The number of ether oxygens (including phenoxy) is 3. The van der Waals surface area contributed by atoms with Crippen LogP contribution in [0.3, 0.4) is 0 Å². The zero-order valence-electron chi connectivity index (χ0n) is 31.7. The molecule has 4 rings (SSSR count). The van der Waals surface area contributed by atoms with Crippen LogP contribution in [0.25, 0.3) is 0 Å². The smallest absolute Gasteiger partial charge is 0.417 e. The minimum absolute atomic E-state index is 0.0188. The van der Waals surface area contributed by atoms with E-state index in [9.17, 15) is 36.9 Å². The van der Waals surface area contributed by atoms with Crippen LogP contribution in [0, 0.1) is 17.1 Å². The summed E-state index contributed by atoms with van der Waals surface area (Å²) in [5.41, 5.74) is -3.86. The third-order valence-electron chi connectivity index (χ3n) is 8.31. The average Bonchev–Trinajstić information content (AvgIpc) is 3.31. The number of alkyl halides is 3. The molecule has 1 N–H and O–H groups in total. The Hall–Kier alpha value is -5.41. The number of imide groups is 1. The first-order valence-electron chi connectivity index (χ1n) is 16.9. The second-order valence-corrected chi connectivity index (χ2v) is 15.8. The molecule has 0 aliphatic carbocycles. The Morgan fingerprint density at radius 3 is 2.23 bits per heavy atom. The van der Waals surface area contributed by atoms with Crippen LogP contribution in [0.1, 0.15) is 61.7 Å². The van der Waals surface area contributed by atoms with Crippen molar-refractivity contribution in [3.8, 4) is 11.8 Å². The first kappa shape index (κ1) is 44.3. The van der Waals surface area contributed by atoms with Crippen LogP contribution in [-0.2, 0) is 41.1 Å². The second-order valence-electron chi connectivity index (χ2n) is 13.4. The molecule has 2 atom stereocenters. The van der Waals surface area contributed by atoms with E-state index in [1.165, 1.54) is 69.2 Å². The Balaban J connectivity index is 1.43. The third-order valence-corrected chi connectivity index (χ3v) is 10.6. The summed E-state index contributed by atoms with van der Waals surface area (Å²) < 4.78 is 91.0. The van der Waals surface area contributed by atoms with Crippen LogP contribution in [-0.4, -0.2) is 72.1 Å². The molecule has 20 heteroatoms. The third kappa shape index (κ3) is 9.95. The maximum Gasteiger partial charge on any atom is 0.417 e. The number of methoxy groups -OCH3 is 1. The maximum atomic E-state index is 15.6. The first-order valence-corrected chi connectivity index (χ1v) is 19.2. The molecule has 3 aromatic carbocycles. The molecule has 0 aromatic heterocycles. The fourth-order valence-electron chi connectivity index (χ4n) is 5.54. The molecule has 0 radical (unpaired) electrons. The van der Waals surface area contributed by atoms with Crippen molar-refractivity contribution in [3.05, 3.63) is 88.7 Å². The Kier molecular flexibility index (Phi) is 13.5. The topological polar surface area (TPSA) is 168 Å². The van der Waals surface area contributed by atoms with Crippen molar-refractivity contribution in [2.75, 3.05) is 30.3 Å². The van der Waals surface area contributed by atoms with E-state index in [0.29, 0.717) is 16.5 Å². The molecule has 1 aliphatic rings. The molecule has 304 valence electrons. The highest BCUT2D eigenvalue weighted by atomic mass is 32.1. The zero-order chi connectivity index (χ0) is 42.6. The van der Waals surface area contributed by atoms with E-state index in [2.05, 4.69) is 5.09 Å². The summed E-state index contributed by atoms with van der Waals surface area (Å²) in [6, 6.07) is 12.2. The number of halogens is 4. The van der Waals surface area contributed by atoms with Crippen molar-refractivity contribution >= 4 is 60.1 Å². The van der Waals surface area contributed by atoms with Gasteiger partial charge in [0.15, 0.2) is 5.11 Å². The van der Waals surface area contributed by atoms with Gasteiger partial charge in [0.2, 0.25) is 0 Å². The standard InChI is InChI=1S/C37H38F4N5O9PS/c1-21(2)54-32(48)22(3)43-56(51,20-52-7)55-27-13-8-23(9-14-27)19-53-35(50)44(6)31(47)28-15-12-26(17-30(28)38)46-34(57)45(33(49)36(46,4)5)25-11-10-24(18-42)29(16-25)37(39,40)41/h8-17,21-22H,19-20H2,1-7H3,(H,43,51)/t22-,56?/m0/s1. The molecule has 1 aliphatic heterocycles. The van der Waals surface area contributed by atoms with Crippen molar-refractivity contribution in [2.45, 2.75) is 65.1 Å². The Morgan fingerprint density at radius 1 is 1.04 bits per heavy atom. The van der Waals surface area contributed by atoms with E-state index in [0.717, 1.165) is 36.2 Å². The summed E-state index contributed by atoms with van der Waals surface area (Å²) in [6.07, 6.45) is -6.80. The molecule has 0 spiro atoms.